The molecule has 84 valence electrons. The van der Waals surface area contributed by atoms with Crippen LogP contribution in [0.25, 0.3) is 0 Å². The van der Waals surface area contributed by atoms with Gasteiger partial charge in [0.2, 0.25) is 0 Å². The number of benzene rings is 1. The largest absolute Gasteiger partial charge is 0.377 e. The van der Waals surface area contributed by atoms with Crippen molar-refractivity contribution in [3.63, 3.8) is 0 Å². The summed E-state index contributed by atoms with van der Waals surface area (Å²) in [5.41, 5.74) is 6.70. The second-order valence-corrected chi connectivity index (χ2v) is 4.44. The second kappa shape index (κ2) is 5.71. The molecule has 1 atom stereocenters. The predicted octanol–water partition coefficient (Wildman–Crippen LogP) is 3.42. The average molecular weight is 248 g/mol. The molecule has 2 nitrogen and oxygen atoms in total. The van der Waals surface area contributed by atoms with E-state index in [4.69, 9.17) is 33.7 Å². The molecular weight excluding hydrogens is 233 g/mol. The topological polar surface area (TPSA) is 35.2 Å². The molecular formula is C11H15Cl2NO. The third-order valence-corrected chi connectivity index (χ3v) is 2.64. The SMILES string of the molecule is CC(C)OCC(N)c1c(Cl)cccc1Cl. The van der Waals surface area contributed by atoms with E-state index in [0.717, 1.165) is 5.56 Å². The highest BCUT2D eigenvalue weighted by atomic mass is 35.5. The number of nitrogens with two attached hydrogens (primary N) is 1. The van der Waals surface area contributed by atoms with Gasteiger partial charge in [-0.2, -0.15) is 0 Å². The van der Waals surface area contributed by atoms with Crippen molar-refractivity contribution in [2.75, 3.05) is 6.61 Å². The highest BCUT2D eigenvalue weighted by Crippen LogP contribution is 2.29. The minimum atomic E-state index is -0.284. The first-order valence-corrected chi connectivity index (χ1v) is 5.59. The molecule has 1 aromatic carbocycles. The van der Waals surface area contributed by atoms with Crippen molar-refractivity contribution in [1.29, 1.82) is 0 Å². The summed E-state index contributed by atoms with van der Waals surface area (Å²) in [6, 6.07) is 5.06. The van der Waals surface area contributed by atoms with Crippen molar-refractivity contribution >= 4 is 23.2 Å². The van der Waals surface area contributed by atoms with Gasteiger partial charge in [-0.15, -0.1) is 0 Å². The van der Waals surface area contributed by atoms with Crippen LogP contribution in [0.3, 0.4) is 0 Å². The van der Waals surface area contributed by atoms with Gasteiger partial charge in [0, 0.05) is 15.6 Å². The summed E-state index contributed by atoms with van der Waals surface area (Å²) in [5, 5.41) is 1.17. The van der Waals surface area contributed by atoms with Gasteiger partial charge < -0.3 is 10.5 Å². The monoisotopic (exact) mass is 247 g/mol. The Balaban J connectivity index is 2.77. The van der Waals surface area contributed by atoms with Gasteiger partial charge in [-0.25, -0.2) is 0 Å². The summed E-state index contributed by atoms with van der Waals surface area (Å²) >= 11 is 12.0. The Morgan fingerprint density at radius 3 is 2.27 bits per heavy atom. The Bertz CT molecular complexity index is 308. The first-order chi connectivity index (χ1) is 7.02. The van der Waals surface area contributed by atoms with E-state index < -0.39 is 0 Å². The molecule has 0 radical (unpaired) electrons. The lowest BCUT2D eigenvalue weighted by molar-refractivity contribution is 0.0683. The number of hydrogen-bond acceptors (Lipinski definition) is 2. The molecule has 2 N–H and O–H groups in total. The number of ether oxygens (including phenoxy) is 1. The lowest BCUT2D eigenvalue weighted by atomic mass is 10.1. The van der Waals surface area contributed by atoms with Gasteiger partial charge in [-0.05, 0) is 26.0 Å². The highest BCUT2D eigenvalue weighted by molar-refractivity contribution is 6.36. The van der Waals surface area contributed by atoms with Crippen LogP contribution in [0.1, 0.15) is 25.5 Å². The van der Waals surface area contributed by atoms with Gasteiger partial charge in [0.15, 0.2) is 0 Å². The smallest absolute Gasteiger partial charge is 0.0663 e. The quantitative estimate of drug-likeness (QED) is 0.886. The van der Waals surface area contributed by atoms with Gasteiger partial charge in [-0.1, -0.05) is 29.3 Å². The van der Waals surface area contributed by atoms with E-state index in [2.05, 4.69) is 0 Å². The van der Waals surface area contributed by atoms with Crippen LogP contribution >= 0.6 is 23.2 Å². The van der Waals surface area contributed by atoms with E-state index in [1.807, 2.05) is 13.8 Å². The zero-order chi connectivity index (χ0) is 11.4. The zero-order valence-electron chi connectivity index (χ0n) is 8.84. The van der Waals surface area contributed by atoms with E-state index in [1.165, 1.54) is 0 Å². The summed E-state index contributed by atoms with van der Waals surface area (Å²) < 4.78 is 5.43. The van der Waals surface area contributed by atoms with Crippen molar-refractivity contribution in [1.82, 2.24) is 0 Å². The lowest BCUT2D eigenvalue weighted by Gasteiger charge is -2.17. The summed E-state index contributed by atoms with van der Waals surface area (Å²) in [5.74, 6) is 0. The fraction of sp³-hybridized carbons (Fsp3) is 0.455. The van der Waals surface area contributed by atoms with E-state index >= 15 is 0 Å². The van der Waals surface area contributed by atoms with Gasteiger partial charge in [0.25, 0.3) is 0 Å². The maximum atomic E-state index is 6.02. The van der Waals surface area contributed by atoms with Crippen LogP contribution in [0.15, 0.2) is 18.2 Å². The van der Waals surface area contributed by atoms with Crippen molar-refractivity contribution in [3.05, 3.63) is 33.8 Å². The van der Waals surface area contributed by atoms with Crippen molar-refractivity contribution < 1.29 is 4.74 Å². The summed E-state index contributed by atoms with van der Waals surface area (Å²) in [7, 11) is 0. The maximum Gasteiger partial charge on any atom is 0.0663 e. The van der Waals surface area contributed by atoms with Crippen LogP contribution in [0.5, 0.6) is 0 Å². The molecule has 0 saturated heterocycles. The molecule has 0 aliphatic heterocycles. The highest BCUT2D eigenvalue weighted by Gasteiger charge is 2.14. The normalized spacial score (nSPS) is 13.2. The predicted molar refractivity (Wildman–Crippen MR) is 64.5 cm³/mol. The third-order valence-electron chi connectivity index (χ3n) is 1.98. The number of hydrogen-bond donors (Lipinski definition) is 1. The summed E-state index contributed by atoms with van der Waals surface area (Å²) in [6.45, 7) is 4.34. The van der Waals surface area contributed by atoms with Crippen LogP contribution in [0, 0.1) is 0 Å². The molecule has 0 aromatic heterocycles. The molecule has 1 rings (SSSR count). The number of rotatable bonds is 4. The fourth-order valence-electron chi connectivity index (χ4n) is 1.24. The van der Waals surface area contributed by atoms with E-state index in [1.54, 1.807) is 18.2 Å². The molecule has 0 heterocycles. The molecule has 0 aliphatic carbocycles. The fourth-order valence-corrected chi connectivity index (χ4v) is 1.92. The molecule has 0 spiro atoms. The van der Waals surface area contributed by atoms with Gasteiger partial charge >= 0.3 is 0 Å². The first-order valence-electron chi connectivity index (χ1n) is 4.83. The molecule has 0 bridgehead atoms. The Morgan fingerprint density at radius 1 is 1.27 bits per heavy atom. The van der Waals surface area contributed by atoms with E-state index in [9.17, 15) is 0 Å². The molecule has 4 heteroatoms. The van der Waals surface area contributed by atoms with Crippen LogP contribution in [-0.4, -0.2) is 12.7 Å². The molecule has 15 heavy (non-hydrogen) atoms. The van der Waals surface area contributed by atoms with Crippen LogP contribution in [-0.2, 0) is 4.74 Å². The van der Waals surface area contributed by atoms with Crippen LogP contribution in [0.4, 0.5) is 0 Å². The minimum absolute atomic E-state index is 0.150. The Hall–Kier alpha value is -0.280. The molecule has 0 amide bonds. The Kier molecular flexibility index (Phi) is 4.87. The number of halogens is 2. The van der Waals surface area contributed by atoms with E-state index in [-0.39, 0.29) is 12.1 Å². The Morgan fingerprint density at radius 2 is 1.80 bits per heavy atom. The standard InChI is InChI=1S/C11H15Cl2NO/c1-7(2)15-6-10(14)11-8(12)4-3-5-9(11)13/h3-5,7,10H,6,14H2,1-2H3. The van der Waals surface area contributed by atoms with Gasteiger partial charge in [0.05, 0.1) is 18.8 Å². The minimum Gasteiger partial charge on any atom is -0.377 e. The summed E-state index contributed by atoms with van der Waals surface area (Å²) in [4.78, 5) is 0. The van der Waals surface area contributed by atoms with E-state index in [0.29, 0.717) is 16.7 Å². The maximum absolute atomic E-state index is 6.02. The first kappa shape index (κ1) is 12.8. The molecule has 0 aliphatic rings. The van der Waals surface area contributed by atoms with Crippen LogP contribution < -0.4 is 5.73 Å². The van der Waals surface area contributed by atoms with Gasteiger partial charge in [0.1, 0.15) is 0 Å². The zero-order valence-corrected chi connectivity index (χ0v) is 10.3. The van der Waals surface area contributed by atoms with Crippen molar-refractivity contribution in [3.8, 4) is 0 Å². The van der Waals surface area contributed by atoms with Gasteiger partial charge in [-0.3, -0.25) is 0 Å². The molecule has 0 saturated carbocycles. The summed E-state index contributed by atoms with van der Waals surface area (Å²) in [6.07, 6.45) is 0.150. The van der Waals surface area contributed by atoms with Crippen molar-refractivity contribution in [2.24, 2.45) is 5.73 Å². The lowest BCUT2D eigenvalue weighted by Crippen LogP contribution is -2.20. The second-order valence-electron chi connectivity index (χ2n) is 3.62. The van der Waals surface area contributed by atoms with Crippen LogP contribution in [0.2, 0.25) is 10.0 Å². The Labute approximate surface area is 100 Å². The molecule has 1 unspecified atom stereocenters. The van der Waals surface area contributed by atoms with Crippen molar-refractivity contribution in [2.45, 2.75) is 26.0 Å². The molecule has 0 fully saturated rings. The average Bonchev–Trinajstić information content (AvgIpc) is 2.14. The molecule has 1 aromatic rings. The third kappa shape index (κ3) is 3.65.